The third-order valence-corrected chi connectivity index (χ3v) is 2.54. The van der Waals surface area contributed by atoms with Gasteiger partial charge in [-0.3, -0.25) is 9.89 Å². The second-order valence-electron chi connectivity index (χ2n) is 3.64. The van der Waals surface area contributed by atoms with Crippen molar-refractivity contribution in [2.75, 3.05) is 6.54 Å². The molecule has 0 aliphatic carbocycles. The molecule has 2 rings (SSSR count). The van der Waals surface area contributed by atoms with Gasteiger partial charge in [-0.1, -0.05) is 0 Å². The van der Waals surface area contributed by atoms with Crippen molar-refractivity contribution < 1.29 is 0 Å². The predicted octanol–water partition coefficient (Wildman–Crippen LogP) is 0.141. The molecule has 0 amide bonds. The Morgan fingerprint density at radius 3 is 2.93 bits per heavy atom. The summed E-state index contributed by atoms with van der Waals surface area (Å²) in [5.74, 6) is 0. The monoisotopic (exact) mass is 206 g/mol. The molecule has 5 nitrogen and oxygen atoms in total. The summed E-state index contributed by atoms with van der Waals surface area (Å²) >= 11 is 0. The second kappa shape index (κ2) is 3.51. The number of rotatable bonds is 2. The van der Waals surface area contributed by atoms with Crippen LogP contribution in [0.4, 0.5) is 0 Å². The number of nitrogens with two attached hydrogens (primary N) is 1. The van der Waals surface area contributed by atoms with Gasteiger partial charge in [-0.25, -0.2) is 9.50 Å². The molecule has 0 bridgehead atoms. The number of fused-ring (bicyclic) bond motifs is 1. The van der Waals surface area contributed by atoms with Crippen LogP contribution in [0.15, 0.2) is 11.0 Å². The highest BCUT2D eigenvalue weighted by Crippen LogP contribution is 2.07. The van der Waals surface area contributed by atoms with Crippen LogP contribution in [0.25, 0.3) is 5.65 Å². The van der Waals surface area contributed by atoms with Crippen LogP contribution >= 0.6 is 0 Å². The van der Waals surface area contributed by atoms with E-state index in [9.17, 15) is 4.79 Å². The van der Waals surface area contributed by atoms with Crippen LogP contribution in [0.1, 0.15) is 16.8 Å². The van der Waals surface area contributed by atoms with Gasteiger partial charge in [0.1, 0.15) is 0 Å². The van der Waals surface area contributed by atoms with Gasteiger partial charge in [0.2, 0.25) is 0 Å². The summed E-state index contributed by atoms with van der Waals surface area (Å²) in [6, 6.07) is 0. The van der Waals surface area contributed by atoms with E-state index >= 15 is 0 Å². The highest BCUT2D eigenvalue weighted by molar-refractivity contribution is 5.46. The average Bonchev–Trinajstić information content (AvgIpc) is 2.55. The Hall–Kier alpha value is -1.62. The zero-order chi connectivity index (χ0) is 11.0. The maximum Gasteiger partial charge on any atom is 0.276 e. The van der Waals surface area contributed by atoms with Crippen LogP contribution in [-0.2, 0) is 6.42 Å². The lowest BCUT2D eigenvalue weighted by atomic mass is 10.2. The molecule has 15 heavy (non-hydrogen) atoms. The molecule has 80 valence electrons. The molecule has 2 heterocycles. The summed E-state index contributed by atoms with van der Waals surface area (Å²) in [7, 11) is 0. The van der Waals surface area contributed by atoms with E-state index in [-0.39, 0.29) is 5.56 Å². The average molecular weight is 206 g/mol. The topological polar surface area (TPSA) is 76.2 Å². The van der Waals surface area contributed by atoms with E-state index in [4.69, 9.17) is 5.73 Å². The minimum atomic E-state index is -0.0453. The first-order valence-corrected chi connectivity index (χ1v) is 4.91. The normalized spacial score (nSPS) is 11.1. The lowest BCUT2D eigenvalue weighted by Gasteiger charge is -2.03. The van der Waals surface area contributed by atoms with Crippen LogP contribution in [-0.4, -0.2) is 21.1 Å². The van der Waals surface area contributed by atoms with Crippen LogP contribution in [0.2, 0.25) is 0 Å². The van der Waals surface area contributed by atoms with E-state index in [2.05, 4.69) is 10.1 Å². The summed E-state index contributed by atoms with van der Waals surface area (Å²) < 4.78 is 1.47. The summed E-state index contributed by atoms with van der Waals surface area (Å²) in [6.07, 6.45) is 2.34. The lowest BCUT2D eigenvalue weighted by Crippen LogP contribution is -2.23. The Balaban J connectivity index is 2.79. The fraction of sp³-hybridized carbons (Fsp3) is 0.400. The zero-order valence-corrected chi connectivity index (χ0v) is 8.87. The van der Waals surface area contributed by atoms with Gasteiger partial charge < -0.3 is 5.73 Å². The Labute approximate surface area is 86.9 Å². The molecule has 2 aromatic rings. The fourth-order valence-electron chi connectivity index (χ4n) is 1.70. The van der Waals surface area contributed by atoms with Gasteiger partial charge in [-0.2, -0.15) is 0 Å². The second-order valence-corrected chi connectivity index (χ2v) is 3.64. The highest BCUT2D eigenvalue weighted by Gasteiger charge is 2.10. The molecule has 0 unspecified atom stereocenters. The summed E-state index contributed by atoms with van der Waals surface area (Å²) in [5, 5.41) is 2.88. The lowest BCUT2D eigenvalue weighted by molar-refractivity contribution is 0.833. The van der Waals surface area contributed by atoms with Crippen molar-refractivity contribution in [1.82, 2.24) is 14.6 Å². The van der Waals surface area contributed by atoms with Gasteiger partial charge in [-0.15, -0.1) is 0 Å². The Kier molecular flexibility index (Phi) is 2.32. The van der Waals surface area contributed by atoms with Crippen molar-refractivity contribution in [1.29, 1.82) is 0 Å². The predicted molar refractivity (Wildman–Crippen MR) is 58.0 cm³/mol. The van der Waals surface area contributed by atoms with E-state index < -0.39 is 0 Å². The molecule has 0 fully saturated rings. The maximum absolute atomic E-state index is 12.0. The smallest absolute Gasteiger partial charge is 0.276 e. The molecule has 0 aliphatic heterocycles. The number of aromatic nitrogens is 3. The highest BCUT2D eigenvalue weighted by atomic mass is 16.1. The number of aryl methyl sites for hydroxylation is 2. The van der Waals surface area contributed by atoms with Crippen molar-refractivity contribution in [2.45, 2.75) is 20.3 Å². The molecule has 0 radical (unpaired) electrons. The fourth-order valence-corrected chi connectivity index (χ4v) is 1.70. The van der Waals surface area contributed by atoms with Gasteiger partial charge in [0.15, 0.2) is 5.65 Å². The van der Waals surface area contributed by atoms with Crippen LogP contribution in [0.5, 0.6) is 0 Å². The minimum Gasteiger partial charge on any atom is -0.330 e. The van der Waals surface area contributed by atoms with Crippen molar-refractivity contribution >= 4 is 5.65 Å². The molecule has 0 saturated heterocycles. The van der Waals surface area contributed by atoms with Gasteiger partial charge in [-0.05, 0) is 26.8 Å². The summed E-state index contributed by atoms with van der Waals surface area (Å²) in [5.41, 5.74) is 8.54. The maximum atomic E-state index is 12.0. The molecule has 0 atom stereocenters. The number of hydrogen-bond acceptors (Lipinski definition) is 3. The SMILES string of the molecule is Cc1nc2c(C)c[nH]n2c(=O)c1CCN. The third-order valence-electron chi connectivity index (χ3n) is 2.54. The van der Waals surface area contributed by atoms with Gasteiger partial charge in [0.05, 0.1) is 0 Å². The first-order valence-electron chi connectivity index (χ1n) is 4.91. The minimum absolute atomic E-state index is 0.0453. The first-order chi connectivity index (χ1) is 7.15. The Morgan fingerprint density at radius 2 is 2.27 bits per heavy atom. The number of aromatic amines is 1. The number of H-pyrrole nitrogens is 1. The van der Waals surface area contributed by atoms with E-state index in [0.717, 1.165) is 11.3 Å². The number of hydrogen-bond donors (Lipinski definition) is 2. The Bertz CT molecular complexity index is 552. The molecule has 0 saturated carbocycles. The number of nitrogens with zero attached hydrogens (tertiary/aromatic N) is 2. The van der Waals surface area contributed by atoms with Crippen molar-refractivity contribution in [3.8, 4) is 0 Å². The van der Waals surface area contributed by atoms with Gasteiger partial charge in [0, 0.05) is 23.0 Å². The van der Waals surface area contributed by atoms with Crippen LogP contribution < -0.4 is 11.3 Å². The van der Waals surface area contributed by atoms with Crippen LogP contribution in [0, 0.1) is 13.8 Å². The quantitative estimate of drug-likeness (QED) is 0.733. The van der Waals surface area contributed by atoms with E-state index in [1.165, 1.54) is 4.52 Å². The first kappa shape index (κ1) is 9.92. The van der Waals surface area contributed by atoms with E-state index in [0.29, 0.717) is 24.2 Å². The largest absolute Gasteiger partial charge is 0.330 e. The third kappa shape index (κ3) is 1.45. The summed E-state index contributed by atoms with van der Waals surface area (Å²) in [4.78, 5) is 16.4. The number of nitrogens with one attached hydrogen (secondary N) is 1. The standard InChI is InChI=1S/C10H14N4O/c1-6-5-12-14-9(6)13-7(2)8(3-4-11)10(14)15/h5,12H,3-4,11H2,1-2H3. The molecular weight excluding hydrogens is 192 g/mol. The van der Waals surface area contributed by atoms with Gasteiger partial charge >= 0.3 is 0 Å². The molecule has 3 N–H and O–H groups in total. The van der Waals surface area contributed by atoms with Crippen molar-refractivity contribution in [3.05, 3.63) is 33.4 Å². The van der Waals surface area contributed by atoms with Crippen LogP contribution in [0.3, 0.4) is 0 Å². The summed E-state index contributed by atoms with van der Waals surface area (Å²) in [6.45, 7) is 4.22. The molecular formula is C10H14N4O. The van der Waals surface area contributed by atoms with Gasteiger partial charge in [0.25, 0.3) is 5.56 Å². The molecule has 0 aromatic carbocycles. The van der Waals surface area contributed by atoms with Crippen molar-refractivity contribution in [3.63, 3.8) is 0 Å². The zero-order valence-electron chi connectivity index (χ0n) is 8.87. The van der Waals surface area contributed by atoms with E-state index in [1.807, 2.05) is 13.8 Å². The van der Waals surface area contributed by atoms with E-state index in [1.54, 1.807) is 6.20 Å². The molecule has 0 spiro atoms. The Morgan fingerprint density at radius 1 is 1.53 bits per heavy atom. The van der Waals surface area contributed by atoms with Crippen molar-refractivity contribution in [2.24, 2.45) is 5.73 Å². The molecule has 2 aromatic heterocycles. The molecule has 0 aliphatic rings. The molecule has 5 heteroatoms.